The summed E-state index contributed by atoms with van der Waals surface area (Å²) in [5.41, 5.74) is 3.20. The molecule has 1 saturated carbocycles. The molecule has 4 aromatic rings. The molecule has 0 bridgehead atoms. The predicted molar refractivity (Wildman–Crippen MR) is 237 cm³/mol. The molecule has 3 N–H and O–H groups in total. The molecule has 17 heteroatoms. The Morgan fingerprint density at radius 1 is 0.952 bits per heavy atom. The van der Waals surface area contributed by atoms with E-state index in [0.29, 0.717) is 45.2 Å². The summed E-state index contributed by atoms with van der Waals surface area (Å²) in [6.07, 6.45) is 8.34. The maximum atomic E-state index is 13.4. The number of imide groups is 2. The van der Waals surface area contributed by atoms with Crippen molar-refractivity contribution in [3.63, 3.8) is 0 Å². The van der Waals surface area contributed by atoms with E-state index < -0.39 is 23.8 Å². The molecule has 6 heterocycles. The van der Waals surface area contributed by atoms with Gasteiger partial charge in [-0.05, 0) is 131 Å². The van der Waals surface area contributed by atoms with Crippen molar-refractivity contribution in [2.24, 2.45) is 11.3 Å². The molecule has 16 nitrogen and oxygen atoms in total. The van der Waals surface area contributed by atoms with Crippen molar-refractivity contribution in [1.82, 2.24) is 35.0 Å². The molecule has 330 valence electrons. The van der Waals surface area contributed by atoms with Gasteiger partial charge in [0.05, 0.1) is 22.8 Å². The number of carbonyl (C=O) groups excluding carboxylic acids is 5. The molecule has 4 fully saturated rings. The number of piperidine rings is 3. The van der Waals surface area contributed by atoms with Gasteiger partial charge in [-0.15, -0.1) is 0 Å². The van der Waals surface area contributed by atoms with Crippen LogP contribution in [0.3, 0.4) is 0 Å². The Balaban J connectivity index is 0.765. The number of rotatable bonds is 11. The number of benzene rings is 2. The Kier molecular flexibility index (Phi) is 11.5. The Labute approximate surface area is 369 Å². The van der Waals surface area contributed by atoms with E-state index in [4.69, 9.17) is 21.3 Å². The van der Waals surface area contributed by atoms with Gasteiger partial charge < -0.3 is 29.7 Å². The number of carbonyl (C=O) groups is 5. The van der Waals surface area contributed by atoms with Crippen LogP contribution in [0.5, 0.6) is 5.75 Å². The molecule has 3 saturated heterocycles. The fraction of sp³-hybridized carbons (Fsp3) is 0.478. The lowest BCUT2D eigenvalue weighted by atomic mass is 9.56. The molecule has 4 aliphatic heterocycles. The fourth-order valence-electron chi connectivity index (χ4n) is 10.2. The van der Waals surface area contributed by atoms with Crippen LogP contribution in [0, 0.1) is 11.3 Å². The highest BCUT2D eigenvalue weighted by Crippen LogP contribution is 2.57. The first-order chi connectivity index (χ1) is 30.3. The zero-order valence-electron chi connectivity index (χ0n) is 35.7. The molecular formula is C46H52ClN9O7. The summed E-state index contributed by atoms with van der Waals surface area (Å²) < 4.78 is 7.27. The number of aromatic nitrogens is 3. The Bertz CT molecular complexity index is 2570. The molecule has 63 heavy (non-hydrogen) atoms. The molecule has 2 aromatic heterocycles. The number of nitrogens with one attached hydrogen (secondary N) is 3. The van der Waals surface area contributed by atoms with Crippen molar-refractivity contribution in [2.75, 3.05) is 56.6 Å². The van der Waals surface area contributed by atoms with Gasteiger partial charge >= 0.3 is 0 Å². The summed E-state index contributed by atoms with van der Waals surface area (Å²) in [7, 11) is 1.51. The topological polar surface area (TPSA) is 188 Å². The van der Waals surface area contributed by atoms with Crippen LogP contribution >= 0.6 is 11.6 Å². The fourth-order valence-corrected chi connectivity index (χ4v) is 10.4. The number of pyridine rings is 1. The van der Waals surface area contributed by atoms with Crippen molar-refractivity contribution in [3.05, 3.63) is 80.7 Å². The van der Waals surface area contributed by atoms with Crippen molar-refractivity contribution in [2.45, 2.75) is 83.2 Å². The van der Waals surface area contributed by atoms with E-state index in [0.717, 1.165) is 98.3 Å². The van der Waals surface area contributed by atoms with Crippen LogP contribution in [0.2, 0.25) is 5.02 Å². The Hall–Kier alpha value is -5.87. The van der Waals surface area contributed by atoms with Gasteiger partial charge in [0.1, 0.15) is 11.1 Å². The number of halogens is 1. The van der Waals surface area contributed by atoms with Gasteiger partial charge in [0.15, 0.2) is 18.2 Å². The largest absolute Gasteiger partial charge is 0.478 e. The van der Waals surface area contributed by atoms with Crippen LogP contribution in [0.25, 0.3) is 10.9 Å². The molecule has 1 aliphatic carbocycles. The second-order valence-electron chi connectivity index (χ2n) is 18.1. The minimum absolute atomic E-state index is 0.0939. The average molecular weight is 878 g/mol. The zero-order chi connectivity index (χ0) is 44.2. The van der Waals surface area contributed by atoms with Gasteiger partial charge in [0, 0.05) is 50.2 Å². The number of ether oxygens (including phenoxy) is 1. The van der Waals surface area contributed by atoms with Crippen LogP contribution in [0.1, 0.15) is 103 Å². The number of amides is 5. The van der Waals surface area contributed by atoms with Crippen molar-refractivity contribution < 1.29 is 28.7 Å². The minimum atomic E-state index is -0.961. The first-order valence-corrected chi connectivity index (χ1v) is 22.3. The number of hydrogen-bond acceptors (Lipinski definition) is 12. The van der Waals surface area contributed by atoms with E-state index >= 15 is 0 Å². The molecule has 2 aromatic carbocycles. The van der Waals surface area contributed by atoms with Gasteiger partial charge in [0.25, 0.3) is 23.3 Å². The van der Waals surface area contributed by atoms with Gasteiger partial charge in [-0.2, -0.15) is 4.98 Å². The third-order valence-electron chi connectivity index (χ3n) is 13.8. The number of likely N-dealkylation sites (tertiary alicyclic amines) is 1. The summed E-state index contributed by atoms with van der Waals surface area (Å²) >= 11 is 6.61. The number of anilines is 3. The second-order valence-corrected chi connectivity index (χ2v) is 18.5. The summed E-state index contributed by atoms with van der Waals surface area (Å²) in [5, 5.41) is 9.25. The third-order valence-corrected chi connectivity index (χ3v) is 14.1. The molecule has 5 aliphatic rings. The Morgan fingerprint density at radius 3 is 2.41 bits per heavy atom. The van der Waals surface area contributed by atoms with E-state index in [1.54, 1.807) is 22.9 Å². The van der Waals surface area contributed by atoms with Crippen LogP contribution in [0.15, 0.2) is 53.5 Å². The van der Waals surface area contributed by atoms with Crippen molar-refractivity contribution >= 4 is 69.5 Å². The van der Waals surface area contributed by atoms with Crippen LogP contribution in [-0.2, 0) is 14.4 Å². The molecule has 1 spiro atoms. The van der Waals surface area contributed by atoms with Crippen LogP contribution in [0.4, 0.5) is 17.5 Å². The summed E-state index contributed by atoms with van der Waals surface area (Å²) in [6, 6.07) is 11.8. The minimum Gasteiger partial charge on any atom is -0.478 e. The first kappa shape index (κ1) is 42.4. The van der Waals surface area contributed by atoms with Gasteiger partial charge in [-0.25, -0.2) is 4.98 Å². The normalized spacial score (nSPS) is 20.6. The maximum Gasteiger partial charge on any atom is 0.293 e. The molecule has 9 rings (SSSR count). The predicted octanol–water partition coefficient (Wildman–Crippen LogP) is 5.17. The molecule has 5 amide bonds. The zero-order valence-corrected chi connectivity index (χ0v) is 36.5. The molecule has 0 radical (unpaired) electrons. The van der Waals surface area contributed by atoms with Crippen LogP contribution in [-0.4, -0.2) is 106 Å². The molecule has 1 unspecified atom stereocenters. The Morgan fingerprint density at radius 2 is 1.70 bits per heavy atom. The first-order valence-electron chi connectivity index (χ1n) is 21.9. The third kappa shape index (κ3) is 8.26. The van der Waals surface area contributed by atoms with E-state index in [9.17, 15) is 28.8 Å². The quantitative estimate of drug-likeness (QED) is 0.168. The number of likely N-dealkylation sites (N-methyl/N-ethyl adjacent to an activating group) is 1. The SMILES string of the molecule is CNC(=O)COc1cc2cc(Nc3nc(N4CCC(CN5CCC6(CC5)CC(c5ccc7c(c5)C(=O)N(C5CCC(=O)NC5=O)C7=O)C6)CC4)ncc3Cl)ccc2n(C(C)C)c1=O. The standard InChI is InChI=1S/C46H52ClN9O7/c1-26(2)55-35-7-5-31(18-29(35)20-37(44(55)62)63-25-39(58)48-3)50-40-34(47)23-49-45(52-40)54-14-10-27(11-15-54)24-53-16-12-46(13-17-53)21-30(22-46)28-4-6-32-33(19-28)43(61)56(42(32)60)36-8-9-38(57)51-41(36)59/h4-7,18-20,23,26-27,30,36H,8-17,21-22,24-25H2,1-3H3,(H,48,58)(H,49,50,52)(H,51,57,59). The van der Waals surface area contributed by atoms with E-state index in [-0.39, 0.29) is 48.6 Å². The van der Waals surface area contributed by atoms with E-state index in [2.05, 4.69) is 30.7 Å². The highest BCUT2D eigenvalue weighted by atomic mass is 35.5. The van der Waals surface area contributed by atoms with Gasteiger partial charge in [-0.3, -0.25) is 39.0 Å². The lowest BCUT2D eigenvalue weighted by Crippen LogP contribution is -2.54. The molecule has 1 atom stereocenters. The number of hydrogen-bond donors (Lipinski definition) is 3. The molecular weight excluding hydrogens is 826 g/mol. The van der Waals surface area contributed by atoms with Gasteiger partial charge in [-0.1, -0.05) is 17.7 Å². The highest BCUT2D eigenvalue weighted by molar-refractivity contribution is 6.33. The second kappa shape index (κ2) is 17.0. The lowest BCUT2D eigenvalue weighted by molar-refractivity contribution is -0.136. The number of fused-ring (bicyclic) bond motifs is 2. The monoisotopic (exact) mass is 877 g/mol. The average Bonchev–Trinajstić information content (AvgIpc) is 3.50. The van der Waals surface area contributed by atoms with Crippen molar-refractivity contribution in [3.8, 4) is 5.75 Å². The summed E-state index contributed by atoms with van der Waals surface area (Å²) in [6.45, 7) is 8.46. The summed E-state index contributed by atoms with van der Waals surface area (Å²) in [4.78, 5) is 91.1. The highest BCUT2D eigenvalue weighted by Gasteiger charge is 2.48. The maximum absolute atomic E-state index is 13.4. The number of nitrogens with zero attached hydrogens (tertiary/aromatic N) is 6. The van der Waals surface area contributed by atoms with Crippen LogP contribution < -0.4 is 31.1 Å². The summed E-state index contributed by atoms with van der Waals surface area (Å²) in [5.74, 6) is -0.142. The van der Waals surface area contributed by atoms with E-state index in [1.807, 2.05) is 44.2 Å². The lowest BCUT2D eigenvalue weighted by Gasteiger charge is -2.53. The van der Waals surface area contributed by atoms with E-state index in [1.165, 1.54) is 7.05 Å². The van der Waals surface area contributed by atoms with Crippen molar-refractivity contribution in [1.29, 1.82) is 0 Å². The van der Waals surface area contributed by atoms with Gasteiger partial charge in [0.2, 0.25) is 17.8 Å². The smallest absolute Gasteiger partial charge is 0.293 e.